The third-order valence-electron chi connectivity index (χ3n) is 4.85. The van der Waals surface area contributed by atoms with Crippen LogP contribution in [-0.2, 0) is 4.79 Å². The Kier molecular flexibility index (Phi) is 3.27. The number of rotatable bonds is 3. The van der Waals surface area contributed by atoms with Gasteiger partial charge in [0, 0.05) is 6.54 Å². The van der Waals surface area contributed by atoms with Crippen molar-refractivity contribution in [2.24, 2.45) is 22.5 Å². The molecule has 0 saturated heterocycles. The van der Waals surface area contributed by atoms with Gasteiger partial charge in [0.25, 0.3) is 0 Å². The molecule has 3 nitrogen and oxygen atoms in total. The highest BCUT2D eigenvalue weighted by atomic mass is 19.4. The predicted octanol–water partition coefficient (Wildman–Crippen LogP) is 2.06. The summed E-state index contributed by atoms with van der Waals surface area (Å²) in [7, 11) is 0. The lowest BCUT2D eigenvalue weighted by atomic mass is 10.0. The van der Waals surface area contributed by atoms with Gasteiger partial charge in [-0.05, 0) is 23.7 Å². The Labute approximate surface area is 105 Å². The molecule has 1 saturated carbocycles. The van der Waals surface area contributed by atoms with Crippen LogP contribution >= 0.6 is 0 Å². The summed E-state index contributed by atoms with van der Waals surface area (Å²) < 4.78 is 37.6. The first-order valence-corrected chi connectivity index (χ1v) is 5.90. The number of hydrogen-bond donors (Lipinski definition) is 2. The number of halogens is 3. The van der Waals surface area contributed by atoms with Crippen LogP contribution in [0, 0.1) is 16.7 Å². The summed E-state index contributed by atoms with van der Waals surface area (Å²) in [5.74, 6) is -1.01. The maximum atomic E-state index is 12.5. The fraction of sp³-hybridized carbons (Fsp3) is 0.917. The largest absolute Gasteiger partial charge is 0.415 e. The van der Waals surface area contributed by atoms with Crippen LogP contribution in [0.25, 0.3) is 0 Å². The van der Waals surface area contributed by atoms with Gasteiger partial charge in [-0.25, -0.2) is 0 Å². The molecule has 1 unspecified atom stereocenters. The second kappa shape index (κ2) is 3.85. The lowest BCUT2D eigenvalue weighted by Gasteiger charge is -2.26. The van der Waals surface area contributed by atoms with Gasteiger partial charge in [0.15, 0.2) is 5.54 Å². The average Bonchev–Trinajstić information content (AvgIpc) is 2.52. The first kappa shape index (κ1) is 15.3. The Bertz CT molecular complexity index is 345. The number of carbonyl (C=O) groups excluding carboxylic acids is 1. The van der Waals surface area contributed by atoms with E-state index in [0.717, 1.165) is 0 Å². The van der Waals surface area contributed by atoms with Crippen LogP contribution in [0.15, 0.2) is 0 Å². The number of nitrogens with two attached hydrogens (primary N) is 1. The first-order chi connectivity index (χ1) is 7.76. The average molecular weight is 266 g/mol. The molecule has 1 aliphatic carbocycles. The summed E-state index contributed by atoms with van der Waals surface area (Å²) in [5, 5.41) is 2.32. The Morgan fingerprint density at radius 2 is 1.61 bits per heavy atom. The Morgan fingerprint density at radius 3 is 1.89 bits per heavy atom. The van der Waals surface area contributed by atoms with Crippen molar-refractivity contribution in [3.8, 4) is 0 Å². The van der Waals surface area contributed by atoms with E-state index in [1.807, 2.05) is 27.7 Å². The maximum absolute atomic E-state index is 12.5. The van der Waals surface area contributed by atoms with E-state index in [1.54, 1.807) is 0 Å². The molecule has 0 aromatic rings. The van der Waals surface area contributed by atoms with E-state index in [1.165, 1.54) is 0 Å². The van der Waals surface area contributed by atoms with Gasteiger partial charge < -0.3 is 11.1 Å². The summed E-state index contributed by atoms with van der Waals surface area (Å²) in [4.78, 5) is 11.5. The van der Waals surface area contributed by atoms with E-state index in [-0.39, 0.29) is 23.3 Å². The number of hydrogen-bond acceptors (Lipinski definition) is 2. The van der Waals surface area contributed by atoms with E-state index in [2.05, 4.69) is 5.32 Å². The van der Waals surface area contributed by atoms with Crippen LogP contribution in [-0.4, -0.2) is 24.2 Å². The SMILES string of the molecule is CC(N)(C(=O)NCC1C(C)(C)C1(C)C)C(F)(F)F. The molecule has 1 atom stereocenters. The van der Waals surface area contributed by atoms with Gasteiger partial charge in [0.1, 0.15) is 0 Å². The topological polar surface area (TPSA) is 55.1 Å². The van der Waals surface area contributed by atoms with Gasteiger partial charge in [-0.1, -0.05) is 27.7 Å². The molecule has 0 aliphatic heterocycles. The Morgan fingerprint density at radius 1 is 1.22 bits per heavy atom. The minimum absolute atomic E-state index is 0.0174. The molecular formula is C12H21F3N2O. The van der Waals surface area contributed by atoms with Crippen molar-refractivity contribution in [2.45, 2.75) is 46.3 Å². The van der Waals surface area contributed by atoms with Crippen molar-refractivity contribution in [2.75, 3.05) is 6.54 Å². The zero-order valence-electron chi connectivity index (χ0n) is 11.4. The highest BCUT2D eigenvalue weighted by Gasteiger charge is 2.64. The molecule has 106 valence electrons. The zero-order chi connectivity index (χ0) is 14.6. The molecular weight excluding hydrogens is 245 g/mol. The van der Waals surface area contributed by atoms with E-state index in [0.29, 0.717) is 6.92 Å². The molecule has 18 heavy (non-hydrogen) atoms. The van der Waals surface area contributed by atoms with E-state index < -0.39 is 17.6 Å². The quantitative estimate of drug-likeness (QED) is 0.821. The van der Waals surface area contributed by atoms with Crippen LogP contribution in [0.1, 0.15) is 34.6 Å². The van der Waals surface area contributed by atoms with Crippen LogP contribution in [0.2, 0.25) is 0 Å². The van der Waals surface area contributed by atoms with Crippen molar-refractivity contribution < 1.29 is 18.0 Å². The van der Waals surface area contributed by atoms with E-state index in [9.17, 15) is 18.0 Å². The molecule has 1 fully saturated rings. The first-order valence-electron chi connectivity index (χ1n) is 5.90. The Hall–Kier alpha value is -0.780. The van der Waals surface area contributed by atoms with Crippen molar-refractivity contribution in [1.82, 2.24) is 5.32 Å². The molecule has 1 aliphatic rings. The van der Waals surface area contributed by atoms with Gasteiger partial charge in [-0.2, -0.15) is 13.2 Å². The van der Waals surface area contributed by atoms with Gasteiger partial charge >= 0.3 is 6.18 Å². The van der Waals surface area contributed by atoms with Crippen molar-refractivity contribution in [3.05, 3.63) is 0 Å². The van der Waals surface area contributed by atoms with Crippen LogP contribution < -0.4 is 11.1 Å². The predicted molar refractivity (Wildman–Crippen MR) is 62.7 cm³/mol. The summed E-state index contributed by atoms with van der Waals surface area (Å²) in [5.41, 5.74) is 2.24. The molecule has 3 N–H and O–H groups in total. The van der Waals surface area contributed by atoms with E-state index in [4.69, 9.17) is 5.73 Å². The highest BCUT2D eigenvalue weighted by Crippen LogP contribution is 2.67. The second-order valence-corrected chi connectivity index (χ2v) is 6.41. The van der Waals surface area contributed by atoms with Gasteiger partial charge in [0.05, 0.1) is 0 Å². The molecule has 1 rings (SSSR count). The number of nitrogens with one attached hydrogen (secondary N) is 1. The number of alkyl halides is 3. The second-order valence-electron chi connectivity index (χ2n) is 6.41. The maximum Gasteiger partial charge on any atom is 0.415 e. The summed E-state index contributed by atoms with van der Waals surface area (Å²) >= 11 is 0. The van der Waals surface area contributed by atoms with Crippen LogP contribution in [0.3, 0.4) is 0 Å². The van der Waals surface area contributed by atoms with Crippen LogP contribution in [0.4, 0.5) is 13.2 Å². The minimum atomic E-state index is -4.74. The third-order valence-corrected chi connectivity index (χ3v) is 4.85. The van der Waals surface area contributed by atoms with Crippen molar-refractivity contribution in [1.29, 1.82) is 0 Å². The lowest BCUT2D eigenvalue weighted by Crippen LogP contribution is -2.61. The van der Waals surface area contributed by atoms with Gasteiger partial charge in [-0.15, -0.1) is 0 Å². The summed E-state index contributed by atoms with van der Waals surface area (Å²) in [6.45, 7) is 9.06. The summed E-state index contributed by atoms with van der Waals surface area (Å²) in [6, 6.07) is 0. The van der Waals surface area contributed by atoms with Crippen molar-refractivity contribution >= 4 is 5.91 Å². The van der Waals surface area contributed by atoms with E-state index >= 15 is 0 Å². The standard InChI is InChI=1S/C12H21F3N2O/c1-9(2)7(10(9,3)4)6-17-8(18)11(5,16)12(13,14)15/h7H,6,16H2,1-5H3,(H,17,18). The molecule has 6 heteroatoms. The molecule has 0 heterocycles. The molecule has 0 bridgehead atoms. The zero-order valence-corrected chi connectivity index (χ0v) is 11.4. The molecule has 0 spiro atoms. The van der Waals surface area contributed by atoms with Crippen molar-refractivity contribution in [3.63, 3.8) is 0 Å². The normalized spacial score (nSPS) is 25.4. The minimum Gasteiger partial charge on any atom is -0.354 e. The van der Waals surface area contributed by atoms with Gasteiger partial charge in [-0.3, -0.25) is 4.79 Å². The highest BCUT2D eigenvalue weighted by molar-refractivity contribution is 5.86. The lowest BCUT2D eigenvalue weighted by molar-refractivity contribution is -0.187. The third kappa shape index (κ3) is 2.11. The summed E-state index contributed by atoms with van der Waals surface area (Å²) in [6.07, 6.45) is -4.74. The molecule has 0 radical (unpaired) electrons. The molecule has 0 aromatic heterocycles. The number of amides is 1. The smallest absolute Gasteiger partial charge is 0.354 e. The number of carbonyl (C=O) groups is 1. The molecule has 0 aromatic carbocycles. The Balaban J connectivity index is 2.60. The van der Waals surface area contributed by atoms with Gasteiger partial charge in [0.2, 0.25) is 5.91 Å². The van der Waals surface area contributed by atoms with Crippen LogP contribution in [0.5, 0.6) is 0 Å². The fourth-order valence-electron chi connectivity index (χ4n) is 2.35. The monoisotopic (exact) mass is 266 g/mol. The molecule has 1 amide bonds. The fourth-order valence-corrected chi connectivity index (χ4v) is 2.35.